The van der Waals surface area contributed by atoms with Gasteiger partial charge in [0.05, 0.1) is 5.02 Å². The van der Waals surface area contributed by atoms with Crippen LogP contribution in [0.25, 0.3) is 5.70 Å². The molecule has 0 spiro atoms. The molecule has 0 aromatic heterocycles. The van der Waals surface area contributed by atoms with Gasteiger partial charge < -0.3 is 4.90 Å². The zero-order valence-electron chi connectivity index (χ0n) is 15.9. The lowest BCUT2D eigenvalue weighted by Crippen LogP contribution is -2.21. The first kappa shape index (κ1) is 22.6. The van der Waals surface area contributed by atoms with Gasteiger partial charge in [0.15, 0.2) is 0 Å². The summed E-state index contributed by atoms with van der Waals surface area (Å²) in [5.74, 6) is 0. The molecule has 140 valence electrons. The molecule has 0 radical (unpaired) electrons. The normalized spacial score (nSPS) is 9.96. The fourth-order valence-corrected chi connectivity index (χ4v) is 3.49. The maximum Gasteiger partial charge on any atom is 0.0516 e. The lowest BCUT2D eigenvalue weighted by Gasteiger charge is -2.30. The van der Waals surface area contributed by atoms with Crippen LogP contribution in [0.15, 0.2) is 55.3 Å². The molecule has 0 N–H and O–H groups in total. The van der Waals surface area contributed by atoms with Gasteiger partial charge in [-0.1, -0.05) is 86.9 Å². The van der Waals surface area contributed by atoms with Crippen molar-refractivity contribution < 1.29 is 0 Å². The third-order valence-electron chi connectivity index (χ3n) is 3.94. The van der Waals surface area contributed by atoms with Gasteiger partial charge in [-0.25, -0.2) is 0 Å². The van der Waals surface area contributed by atoms with Crippen LogP contribution in [0.3, 0.4) is 0 Å². The highest BCUT2D eigenvalue weighted by Gasteiger charge is 2.18. The number of allylic oxidation sites excluding steroid dienone is 1. The molecule has 0 saturated carbocycles. The highest BCUT2D eigenvalue weighted by molar-refractivity contribution is 6.36. The Morgan fingerprint density at radius 3 is 2.15 bits per heavy atom. The van der Waals surface area contributed by atoms with Gasteiger partial charge in [-0.3, -0.25) is 0 Å². The Balaban J connectivity index is 0.00000163. The van der Waals surface area contributed by atoms with Gasteiger partial charge in [0.25, 0.3) is 0 Å². The van der Waals surface area contributed by atoms with E-state index < -0.39 is 0 Å². The molecular weight excluding hydrogens is 385 g/mol. The summed E-state index contributed by atoms with van der Waals surface area (Å²) >= 11 is 18.8. The Morgan fingerprint density at radius 2 is 1.62 bits per heavy atom. The van der Waals surface area contributed by atoms with Crippen LogP contribution in [0.1, 0.15) is 43.9 Å². The Bertz CT molecular complexity index is 758. The van der Waals surface area contributed by atoms with E-state index in [4.69, 9.17) is 34.8 Å². The lowest BCUT2D eigenvalue weighted by atomic mass is 10.0. The largest absolute Gasteiger partial charge is 0.341 e. The summed E-state index contributed by atoms with van der Waals surface area (Å²) in [6.45, 7) is 17.1. The van der Waals surface area contributed by atoms with Crippen LogP contribution < -0.4 is 0 Å². The van der Waals surface area contributed by atoms with Gasteiger partial charge in [0, 0.05) is 33.5 Å². The second-order valence-corrected chi connectivity index (χ2v) is 6.87. The Labute approximate surface area is 172 Å². The standard InChI is InChI=1S/C20H20Cl3N.C2H6/c1-5-14(3)24(12-16-8-6-7-9-18(16)22)15(4)20-13(2)10-17(21)11-19(20)23;1-2/h6-11H,3-5,12H2,1-2H3;1-2H3. The van der Waals surface area contributed by atoms with Gasteiger partial charge in [-0.05, 0) is 42.7 Å². The Hall–Kier alpha value is -1.41. The third-order valence-corrected chi connectivity index (χ3v) is 4.83. The first-order chi connectivity index (χ1) is 12.3. The van der Waals surface area contributed by atoms with Crippen molar-refractivity contribution in [1.82, 2.24) is 4.90 Å². The van der Waals surface area contributed by atoms with Crippen LogP contribution in [0, 0.1) is 6.92 Å². The number of hydrogen-bond acceptors (Lipinski definition) is 1. The van der Waals surface area contributed by atoms with Gasteiger partial charge >= 0.3 is 0 Å². The summed E-state index contributed by atoms with van der Waals surface area (Å²) in [5, 5.41) is 1.91. The number of hydrogen-bond donors (Lipinski definition) is 0. The van der Waals surface area contributed by atoms with Crippen molar-refractivity contribution in [2.24, 2.45) is 0 Å². The van der Waals surface area contributed by atoms with Crippen molar-refractivity contribution in [3.8, 4) is 0 Å². The molecule has 2 aromatic carbocycles. The van der Waals surface area contributed by atoms with E-state index in [9.17, 15) is 0 Å². The average Bonchev–Trinajstić information content (AvgIpc) is 2.61. The molecule has 4 heteroatoms. The number of rotatable bonds is 6. The van der Waals surface area contributed by atoms with E-state index in [1.807, 2.05) is 51.1 Å². The molecule has 0 aliphatic carbocycles. The van der Waals surface area contributed by atoms with E-state index in [0.717, 1.165) is 39.5 Å². The smallest absolute Gasteiger partial charge is 0.0516 e. The monoisotopic (exact) mass is 409 g/mol. The van der Waals surface area contributed by atoms with Gasteiger partial charge in [-0.15, -0.1) is 0 Å². The summed E-state index contributed by atoms with van der Waals surface area (Å²) in [6.07, 6.45) is 0.799. The van der Waals surface area contributed by atoms with E-state index >= 15 is 0 Å². The van der Waals surface area contributed by atoms with E-state index in [-0.39, 0.29) is 0 Å². The number of aryl methyl sites for hydroxylation is 1. The summed E-state index contributed by atoms with van der Waals surface area (Å²) in [5.41, 5.74) is 4.61. The zero-order valence-corrected chi connectivity index (χ0v) is 18.1. The van der Waals surface area contributed by atoms with E-state index in [2.05, 4.69) is 25.0 Å². The predicted octanol–water partition coefficient (Wildman–Crippen LogP) is 8.38. The molecule has 0 aliphatic heterocycles. The molecule has 0 saturated heterocycles. The summed E-state index contributed by atoms with van der Waals surface area (Å²) < 4.78 is 0. The average molecular weight is 411 g/mol. The fraction of sp³-hybridized carbons (Fsp3) is 0.273. The molecular formula is C22H26Cl3N. The number of halogens is 3. The summed E-state index contributed by atoms with van der Waals surface area (Å²) in [6, 6.07) is 11.4. The van der Waals surface area contributed by atoms with Gasteiger partial charge in [0.2, 0.25) is 0 Å². The minimum atomic E-state index is 0.582. The van der Waals surface area contributed by atoms with E-state index in [0.29, 0.717) is 16.6 Å². The topological polar surface area (TPSA) is 3.24 Å². The molecule has 2 rings (SSSR count). The zero-order chi connectivity index (χ0) is 19.9. The second kappa shape index (κ2) is 10.7. The molecule has 0 amide bonds. The van der Waals surface area contributed by atoms with Crippen LogP contribution in [-0.4, -0.2) is 4.90 Å². The third kappa shape index (κ3) is 5.54. The summed E-state index contributed by atoms with van der Waals surface area (Å²) in [4.78, 5) is 2.06. The van der Waals surface area contributed by atoms with Crippen molar-refractivity contribution in [3.05, 3.63) is 87.0 Å². The van der Waals surface area contributed by atoms with Crippen LogP contribution >= 0.6 is 34.8 Å². The van der Waals surface area contributed by atoms with Crippen molar-refractivity contribution in [3.63, 3.8) is 0 Å². The quantitative estimate of drug-likeness (QED) is 0.462. The molecule has 0 bridgehead atoms. The van der Waals surface area contributed by atoms with Crippen LogP contribution in [0.2, 0.25) is 15.1 Å². The fourth-order valence-electron chi connectivity index (χ4n) is 2.59. The van der Waals surface area contributed by atoms with Gasteiger partial charge in [0.1, 0.15) is 0 Å². The highest BCUT2D eigenvalue weighted by Crippen LogP contribution is 2.35. The minimum absolute atomic E-state index is 0.582. The number of benzene rings is 2. The van der Waals surface area contributed by atoms with Crippen LogP contribution in [-0.2, 0) is 6.54 Å². The second-order valence-electron chi connectivity index (χ2n) is 5.62. The molecule has 26 heavy (non-hydrogen) atoms. The SMILES string of the molecule is C=C(CC)N(Cc1ccccc1Cl)C(=C)c1c(C)cc(Cl)cc1Cl.CC. The Kier molecular flexibility index (Phi) is 9.29. The molecule has 1 nitrogen and oxygen atoms in total. The predicted molar refractivity (Wildman–Crippen MR) is 118 cm³/mol. The molecule has 0 fully saturated rings. The molecule has 0 unspecified atom stereocenters. The maximum absolute atomic E-state index is 6.43. The first-order valence-corrected chi connectivity index (χ1v) is 9.82. The van der Waals surface area contributed by atoms with E-state index in [1.165, 1.54) is 0 Å². The minimum Gasteiger partial charge on any atom is -0.341 e. The number of nitrogens with zero attached hydrogens (tertiary/aromatic N) is 1. The van der Waals surface area contributed by atoms with Crippen molar-refractivity contribution in [2.45, 2.75) is 40.7 Å². The van der Waals surface area contributed by atoms with Crippen molar-refractivity contribution in [2.75, 3.05) is 0 Å². The highest BCUT2D eigenvalue weighted by atomic mass is 35.5. The van der Waals surface area contributed by atoms with Gasteiger partial charge in [-0.2, -0.15) is 0 Å². The maximum atomic E-state index is 6.43. The summed E-state index contributed by atoms with van der Waals surface area (Å²) in [7, 11) is 0. The van der Waals surface area contributed by atoms with Crippen molar-refractivity contribution >= 4 is 40.5 Å². The van der Waals surface area contributed by atoms with Crippen LogP contribution in [0.5, 0.6) is 0 Å². The van der Waals surface area contributed by atoms with E-state index in [1.54, 1.807) is 6.07 Å². The molecule has 0 aliphatic rings. The van der Waals surface area contributed by atoms with Crippen molar-refractivity contribution in [1.29, 1.82) is 0 Å². The molecule has 0 heterocycles. The van der Waals surface area contributed by atoms with Crippen LogP contribution in [0.4, 0.5) is 0 Å². The molecule has 2 aromatic rings. The lowest BCUT2D eigenvalue weighted by molar-refractivity contribution is 0.470. The Morgan fingerprint density at radius 1 is 1.00 bits per heavy atom. The first-order valence-electron chi connectivity index (χ1n) is 8.68. The molecule has 0 atom stereocenters.